The average Bonchev–Trinajstić information content (AvgIpc) is 2.83. The van der Waals surface area contributed by atoms with Gasteiger partial charge < -0.3 is 5.32 Å². The summed E-state index contributed by atoms with van der Waals surface area (Å²) in [4.78, 5) is 1.43. The van der Waals surface area contributed by atoms with E-state index in [9.17, 15) is 0 Å². The Labute approximate surface area is 119 Å². The molecule has 1 aliphatic rings. The predicted molar refractivity (Wildman–Crippen MR) is 82.6 cm³/mol. The van der Waals surface area contributed by atoms with Gasteiger partial charge in [-0.15, -0.1) is 11.8 Å². The summed E-state index contributed by atoms with van der Waals surface area (Å²) in [6.07, 6.45) is 0. The van der Waals surface area contributed by atoms with Crippen LogP contribution in [0.4, 0.5) is 0 Å². The van der Waals surface area contributed by atoms with Crippen molar-refractivity contribution >= 4 is 11.8 Å². The second-order valence-electron chi connectivity index (χ2n) is 5.15. The van der Waals surface area contributed by atoms with Gasteiger partial charge in [-0.2, -0.15) is 0 Å². The van der Waals surface area contributed by atoms with Gasteiger partial charge in [0.25, 0.3) is 0 Å². The van der Waals surface area contributed by atoms with Gasteiger partial charge in [-0.25, -0.2) is 0 Å². The molecule has 0 fully saturated rings. The molecule has 1 unspecified atom stereocenters. The maximum absolute atomic E-state index is 3.77. The molecule has 0 aromatic heterocycles. The second-order valence-corrected chi connectivity index (χ2v) is 6.21. The zero-order valence-corrected chi connectivity index (χ0v) is 12.2. The summed E-state index contributed by atoms with van der Waals surface area (Å²) in [6, 6.07) is 18.2. The number of thioether (sulfide) groups is 1. The lowest BCUT2D eigenvalue weighted by molar-refractivity contribution is 0.499. The normalized spacial score (nSPS) is 19.2. The predicted octanol–water partition coefficient (Wildman–Crippen LogP) is 4.49. The van der Waals surface area contributed by atoms with Crippen molar-refractivity contribution in [3.8, 4) is 0 Å². The molecule has 3 rings (SSSR count). The third-order valence-corrected chi connectivity index (χ3v) is 4.99. The van der Waals surface area contributed by atoms with E-state index >= 15 is 0 Å². The highest BCUT2D eigenvalue weighted by molar-refractivity contribution is 7.99. The van der Waals surface area contributed by atoms with Gasteiger partial charge in [-0.05, 0) is 36.6 Å². The molecule has 0 aliphatic carbocycles. The van der Waals surface area contributed by atoms with Crippen LogP contribution < -0.4 is 5.32 Å². The van der Waals surface area contributed by atoms with E-state index in [0.717, 1.165) is 5.75 Å². The Morgan fingerprint density at radius 3 is 2.68 bits per heavy atom. The van der Waals surface area contributed by atoms with E-state index in [1.807, 2.05) is 11.8 Å². The molecular formula is C17H19NS. The lowest BCUT2D eigenvalue weighted by Crippen LogP contribution is -2.25. The fraction of sp³-hybridized carbons (Fsp3) is 0.294. The van der Waals surface area contributed by atoms with E-state index in [4.69, 9.17) is 0 Å². The van der Waals surface area contributed by atoms with Crippen LogP contribution in [-0.2, 0) is 0 Å². The van der Waals surface area contributed by atoms with Crippen molar-refractivity contribution in [2.24, 2.45) is 0 Å². The molecule has 19 heavy (non-hydrogen) atoms. The van der Waals surface area contributed by atoms with Crippen LogP contribution in [-0.4, -0.2) is 5.75 Å². The molecule has 0 bridgehead atoms. The first-order chi connectivity index (χ1) is 9.25. The molecule has 0 spiro atoms. The van der Waals surface area contributed by atoms with E-state index in [2.05, 4.69) is 67.7 Å². The number of fused-ring (bicyclic) bond motifs is 1. The zero-order valence-electron chi connectivity index (χ0n) is 11.4. The molecule has 2 heteroatoms. The maximum atomic E-state index is 3.77. The molecule has 0 amide bonds. The highest BCUT2D eigenvalue weighted by Crippen LogP contribution is 2.38. The van der Waals surface area contributed by atoms with E-state index in [1.165, 1.54) is 21.6 Å². The van der Waals surface area contributed by atoms with E-state index < -0.39 is 0 Å². The Kier molecular flexibility index (Phi) is 3.63. The summed E-state index contributed by atoms with van der Waals surface area (Å²) in [5.41, 5.74) is 4.21. The van der Waals surface area contributed by atoms with Gasteiger partial charge in [0.05, 0.1) is 0 Å². The smallest absolute Gasteiger partial charge is 0.0431 e. The fourth-order valence-corrected chi connectivity index (χ4v) is 3.94. The van der Waals surface area contributed by atoms with Crippen molar-refractivity contribution in [2.45, 2.75) is 30.8 Å². The quantitative estimate of drug-likeness (QED) is 0.881. The van der Waals surface area contributed by atoms with Crippen molar-refractivity contribution in [3.05, 3.63) is 65.2 Å². The van der Waals surface area contributed by atoms with Gasteiger partial charge in [0.2, 0.25) is 0 Å². The topological polar surface area (TPSA) is 12.0 Å². The minimum absolute atomic E-state index is 0.387. The highest BCUT2D eigenvalue weighted by atomic mass is 32.2. The summed E-state index contributed by atoms with van der Waals surface area (Å²) in [7, 11) is 0. The SMILES string of the molecule is Cc1ccccc1[C@@H](C)NC1CSc2ccccc21. The van der Waals surface area contributed by atoms with Gasteiger partial charge >= 0.3 is 0 Å². The van der Waals surface area contributed by atoms with Crippen molar-refractivity contribution in [3.63, 3.8) is 0 Å². The number of hydrogen-bond donors (Lipinski definition) is 1. The number of hydrogen-bond acceptors (Lipinski definition) is 2. The standard InChI is InChI=1S/C17H19NS/c1-12-7-3-4-8-14(12)13(2)18-16-11-19-17-10-6-5-9-15(16)17/h3-10,13,16,18H,11H2,1-2H3/t13-,16?/m1/s1. The number of aryl methyl sites for hydroxylation is 1. The molecule has 0 saturated carbocycles. The monoisotopic (exact) mass is 269 g/mol. The molecule has 1 heterocycles. The Hall–Kier alpha value is -1.25. The van der Waals surface area contributed by atoms with Crippen molar-refractivity contribution in [2.75, 3.05) is 5.75 Å². The second kappa shape index (κ2) is 5.40. The Morgan fingerprint density at radius 1 is 1.11 bits per heavy atom. The van der Waals surface area contributed by atoms with E-state index in [1.54, 1.807) is 0 Å². The summed E-state index contributed by atoms with van der Waals surface area (Å²) < 4.78 is 0. The van der Waals surface area contributed by atoms with Crippen molar-refractivity contribution in [1.29, 1.82) is 0 Å². The summed E-state index contributed by atoms with van der Waals surface area (Å²) in [5.74, 6) is 1.13. The first-order valence-corrected chi connectivity index (χ1v) is 7.77. The molecule has 0 radical (unpaired) electrons. The molecule has 98 valence electrons. The van der Waals surface area contributed by atoms with Crippen LogP contribution in [0.3, 0.4) is 0 Å². The van der Waals surface area contributed by atoms with Crippen molar-refractivity contribution in [1.82, 2.24) is 5.32 Å². The summed E-state index contributed by atoms with van der Waals surface area (Å²) in [5, 5.41) is 3.77. The molecule has 1 aliphatic heterocycles. The van der Waals surface area contributed by atoms with Crippen LogP contribution in [0.5, 0.6) is 0 Å². The van der Waals surface area contributed by atoms with Gasteiger partial charge in [0.15, 0.2) is 0 Å². The fourth-order valence-electron chi connectivity index (χ4n) is 2.76. The molecule has 2 aromatic carbocycles. The Bertz CT molecular complexity index is 579. The third kappa shape index (κ3) is 2.56. The molecule has 1 N–H and O–H groups in total. The first kappa shape index (κ1) is 12.8. The van der Waals surface area contributed by atoms with Crippen LogP contribution in [0, 0.1) is 6.92 Å². The van der Waals surface area contributed by atoms with E-state index in [-0.39, 0.29) is 0 Å². The summed E-state index contributed by atoms with van der Waals surface area (Å²) >= 11 is 1.95. The molecule has 2 aromatic rings. The van der Waals surface area contributed by atoms with Crippen LogP contribution >= 0.6 is 11.8 Å². The molecule has 0 saturated heterocycles. The third-order valence-electron chi connectivity index (χ3n) is 3.81. The van der Waals surface area contributed by atoms with Gasteiger partial charge in [0.1, 0.15) is 0 Å². The van der Waals surface area contributed by atoms with Crippen LogP contribution in [0.25, 0.3) is 0 Å². The van der Waals surface area contributed by atoms with Gasteiger partial charge in [0, 0.05) is 22.7 Å². The lowest BCUT2D eigenvalue weighted by Gasteiger charge is -2.21. The number of benzene rings is 2. The van der Waals surface area contributed by atoms with Crippen LogP contribution in [0.15, 0.2) is 53.4 Å². The highest BCUT2D eigenvalue weighted by Gasteiger charge is 2.24. The Balaban J connectivity index is 1.78. The minimum Gasteiger partial charge on any atom is -0.303 e. The molecule has 2 atom stereocenters. The average molecular weight is 269 g/mol. The Morgan fingerprint density at radius 2 is 1.84 bits per heavy atom. The number of rotatable bonds is 3. The van der Waals surface area contributed by atoms with Crippen LogP contribution in [0.2, 0.25) is 0 Å². The molecular weight excluding hydrogens is 250 g/mol. The summed E-state index contributed by atoms with van der Waals surface area (Å²) in [6.45, 7) is 4.44. The van der Waals surface area contributed by atoms with Gasteiger partial charge in [-0.1, -0.05) is 42.5 Å². The van der Waals surface area contributed by atoms with Gasteiger partial charge in [-0.3, -0.25) is 0 Å². The minimum atomic E-state index is 0.387. The number of nitrogens with one attached hydrogen (secondary N) is 1. The lowest BCUT2D eigenvalue weighted by atomic mass is 10.0. The van der Waals surface area contributed by atoms with E-state index in [0.29, 0.717) is 12.1 Å². The van der Waals surface area contributed by atoms with Crippen molar-refractivity contribution < 1.29 is 0 Å². The zero-order chi connectivity index (χ0) is 13.2. The first-order valence-electron chi connectivity index (χ1n) is 6.79. The largest absolute Gasteiger partial charge is 0.303 e. The maximum Gasteiger partial charge on any atom is 0.0431 e. The van der Waals surface area contributed by atoms with Crippen LogP contribution in [0.1, 0.15) is 35.7 Å². The molecule has 1 nitrogen and oxygen atoms in total.